The molecule has 2 nitrogen and oxygen atoms in total. The summed E-state index contributed by atoms with van der Waals surface area (Å²) in [4.78, 5) is 12.9. The van der Waals surface area contributed by atoms with Crippen LogP contribution in [-0.4, -0.2) is 23.9 Å². The van der Waals surface area contributed by atoms with Crippen molar-refractivity contribution in [3.63, 3.8) is 0 Å². The Morgan fingerprint density at radius 2 is 1.69 bits per heavy atom. The maximum atomic E-state index is 11.0. The molecule has 0 bridgehead atoms. The summed E-state index contributed by atoms with van der Waals surface area (Å²) in [6, 6.07) is 0. The Balaban J connectivity index is 3.33. The molecule has 78 valence electrons. The van der Waals surface area contributed by atoms with Gasteiger partial charge in [0.05, 0.1) is 0 Å². The SMILES string of the molecule is CCCCCCCN(CC)C(C)=O. The van der Waals surface area contributed by atoms with E-state index in [9.17, 15) is 4.79 Å². The Kier molecular flexibility index (Phi) is 7.76. The molecule has 0 aromatic heterocycles. The molecule has 0 spiro atoms. The van der Waals surface area contributed by atoms with Crippen LogP contribution in [-0.2, 0) is 4.79 Å². The molecule has 0 radical (unpaired) electrons. The molecule has 0 saturated carbocycles. The Labute approximate surface area is 82.3 Å². The molecule has 0 saturated heterocycles. The predicted molar refractivity (Wildman–Crippen MR) is 56.7 cm³/mol. The molecule has 2 heteroatoms. The minimum Gasteiger partial charge on any atom is -0.343 e. The number of rotatable bonds is 7. The molecule has 13 heavy (non-hydrogen) atoms. The van der Waals surface area contributed by atoms with Crippen LogP contribution < -0.4 is 0 Å². The Morgan fingerprint density at radius 3 is 2.15 bits per heavy atom. The van der Waals surface area contributed by atoms with E-state index in [-0.39, 0.29) is 5.91 Å². The van der Waals surface area contributed by atoms with Crippen molar-refractivity contribution in [3.8, 4) is 0 Å². The highest BCUT2D eigenvalue weighted by Crippen LogP contribution is 2.03. The van der Waals surface area contributed by atoms with E-state index in [0.29, 0.717) is 0 Å². The zero-order valence-corrected chi connectivity index (χ0v) is 9.31. The summed E-state index contributed by atoms with van der Waals surface area (Å²) < 4.78 is 0. The van der Waals surface area contributed by atoms with Gasteiger partial charge in [-0.1, -0.05) is 32.6 Å². The molecule has 0 fully saturated rings. The standard InChI is InChI=1S/C11H23NO/c1-4-6-7-8-9-10-12(5-2)11(3)13/h4-10H2,1-3H3. The lowest BCUT2D eigenvalue weighted by molar-refractivity contribution is -0.128. The smallest absolute Gasteiger partial charge is 0.219 e. The molecule has 1 amide bonds. The van der Waals surface area contributed by atoms with Crippen molar-refractivity contribution in [2.24, 2.45) is 0 Å². The molecule has 0 unspecified atom stereocenters. The molecule has 0 rings (SSSR count). The number of carbonyl (C=O) groups is 1. The van der Waals surface area contributed by atoms with Gasteiger partial charge in [-0.2, -0.15) is 0 Å². The van der Waals surface area contributed by atoms with Crippen LogP contribution >= 0.6 is 0 Å². The minimum atomic E-state index is 0.206. The van der Waals surface area contributed by atoms with Gasteiger partial charge in [0.15, 0.2) is 0 Å². The molecule has 0 aliphatic rings. The van der Waals surface area contributed by atoms with E-state index in [2.05, 4.69) is 6.92 Å². The third-order valence-corrected chi connectivity index (χ3v) is 2.36. The van der Waals surface area contributed by atoms with Crippen molar-refractivity contribution in [1.29, 1.82) is 0 Å². The van der Waals surface area contributed by atoms with Crippen molar-refractivity contribution in [3.05, 3.63) is 0 Å². The van der Waals surface area contributed by atoms with Crippen molar-refractivity contribution in [2.45, 2.75) is 52.9 Å². The third kappa shape index (κ3) is 6.62. The van der Waals surface area contributed by atoms with E-state index >= 15 is 0 Å². The monoisotopic (exact) mass is 185 g/mol. The Morgan fingerprint density at radius 1 is 1.08 bits per heavy atom. The quantitative estimate of drug-likeness (QED) is 0.558. The van der Waals surface area contributed by atoms with Crippen LogP contribution in [0, 0.1) is 0 Å². The van der Waals surface area contributed by atoms with Gasteiger partial charge in [0.1, 0.15) is 0 Å². The fourth-order valence-electron chi connectivity index (χ4n) is 1.44. The van der Waals surface area contributed by atoms with Gasteiger partial charge in [-0.05, 0) is 13.3 Å². The van der Waals surface area contributed by atoms with Gasteiger partial charge in [-0.15, -0.1) is 0 Å². The van der Waals surface area contributed by atoms with Crippen molar-refractivity contribution < 1.29 is 4.79 Å². The van der Waals surface area contributed by atoms with Gasteiger partial charge in [0.25, 0.3) is 0 Å². The summed E-state index contributed by atoms with van der Waals surface area (Å²) in [5.74, 6) is 0.206. The lowest BCUT2D eigenvalue weighted by Crippen LogP contribution is -2.29. The molecule has 0 aliphatic carbocycles. The largest absolute Gasteiger partial charge is 0.343 e. The van der Waals surface area contributed by atoms with Gasteiger partial charge in [-0.3, -0.25) is 4.79 Å². The van der Waals surface area contributed by atoms with Gasteiger partial charge in [0.2, 0.25) is 5.91 Å². The summed E-state index contributed by atoms with van der Waals surface area (Å²) in [5.41, 5.74) is 0. The van der Waals surface area contributed by atoms with Crippen molar-refractivity contribution in [1.82, 2.24) is 4.90 Å². The zero-order valence-electron chi connectivity index (χ0n) is 9.31. The van der Waals surface area contributed by atoms with E-state index in [0.717, 1.165) is 19.5 Å². The number of nitrogens with zero attached hydrogens (tertiary/aromatic N) is 1. The number of hydrogen-bond donors (Lipinski definition) is 0. The van der Waals surface area contributed by atoms with Crippen LogP contribution in [0.5, 0.6) is 0 Å². The van der Waals surface area contributed by atoms with Gasteiger partial charge >= 0.3 is 0 Å². The van der Waals surface area contributed by atoms with Crippen LogP contribution in [0.15, 0.2) is 0 Å². The summed E-state index contributed by atoms with van der Waals surface area (Å²) in [7, 11) is 0. The first-order valence-electron chi connectivity index (χ1n) is 5.47. The highest BCUT2D eigenvalue weighted by atomic mass is 16.2. The number of amides is 1. The summed E-state index contributed by atoms with van der Waals surface area (Å²) >= 11 is 0. The van der Waals surface area contributed by atoms with E-state index in [1.807, 2.05) is 11.8 Å². The van der Waals surface area contributed by atoms with Crippen LogP contribution in [0.1, 0.15) is 52.9 Å². The molecule has 0 aliphatic heterocycles. The maximum absolute atomic E-state index is 11.0. The Hall–Kier alpha value is -0.530. The molecule has 0 N–H and O–H groups in total. The molecule has 0 aromatic rings. The highest BCUT2D eigenvalue weighted by molar-refractivity contribution is 5.73. The topological polar surface area (TPSA) is 20.3 Å². The van der Waals surface area contributed by atoms with Crippen molar-refractivity contribution in [2.75, 3.05) is 13.1 Å². The molecule has 0 atom stereocenters. The van der Waals surface area contributed by atoms with Crippen LogP contribution in [0.25, 0.3) is 0 Å². The van der Waals surface area contributed by atoms with Crippen molar-refractivity contribution >= 4 is 5.91 Å². The van der Waals surface area contributed by atoms with E-state index in [1.165, 1.54) is 25.7 Å². The first kappa shape index (κ1) is 12.5. The lowest BCUT2D eigenvalue weighted by Gasteiger charge is -2.18. The average Bonchev–Trinajstić information content (AvgIpc) is 2.10. The first-order valence-corrected chi connectivity index (χ1v) is 5.47. The Bertz CT molecular complexity index is 134. The van der Waals surface area contributed by atoms with Crippen LogP contribution in [0.4, 0.5) is 0 Å². The fraction of sp³-hybridized carbons (Fsp3) is 0.909. The van der Waals surface area contributed by atoms with Gasteiger partial charge in [-0.25, -0.2) is 0 Å². The predicted octanol–water partition coefficient (Wildman–Crippen LogP) is 2.83. The fourth-order valence-corrected chi connectivity index (χ4v) is 1.44. The molecule has 0 aromatic carbocycles. The highest BCUT2D eigenvalue weighted by Gasteiger charge is 2.03. The maximum Gasteiger partial charge on any atom is 0.219 e. The number of hydrogen-bond acceptors (Lipinski definition) is 1. The number of unbranched alkanes of at least 4 members (excludes halogenated alkanes) is 4. The second-order valence-electron chi connectivity index (χ2n) is 3.51. The summed E-state index contributed by atoms with van der Waals surface area (Å²) in [6.45, 7) is 7.69. The van der Waals surface area contributed by atoms with Crippen LogP contribution in [0.3, 0.4) is 0 Å². The third-order valence-electron chi connectivity index (χ3n) is 2.36. The first-order chi connectivity index (χ1) is 6.22. The molecule has 0 heterocycles. The minimum absolute atomic E-state index is 0.206. The van der Waals surface area contributed by atoms with Gasteiger partial charge in [0, 0.05) is 20.0 Å². The second kappa shape index (κ2) is 8.09. The average molecular weight is 185 g/mol. The zero-order chi connectivity index (χ0) is 10.1. The van der Waals surface area contributed by atoms with E-state index < -0.39 is 0 Å². The normalized spacial score (nSPS) is 10.1. The summed E-state index contributed by atoms with van der Waals surface area (Å²) in [5, 5.41) is 0. The van der Waals surface area contributed by atoms with Crippen LogP contribution in [0.2, 0.25) is 0 Å². The lowest BCUT2D eigenvalue weighted by atomic mass is 10.1. The number of carbonyl (C=O) groups excluding carboxylic acids is 1. The molecular formula is C11H23NO. The van der Waals surface area contributed by atoms with E-state index in [4.69, 9.17) is 0 Å². The molecular weight excluding hydrogens is 162 g/mol. The van der Waals surface area contributed by atoms with Gasteiger partial charge < -0.3 is 4.90 Å². The second-order valence-corrected chi connectivity index (χ2v) is 3.51. The summed E-state index contributed by atoms with van der Waals surface area (Å²) in [6.07, 6.45) is 6.34. The van der Waals surface area contributed by atoms with E-state index in [1.54, 1.807) is 6.92 Å².